The van der Waals surface area contributed by atoms with Crippen molar-refractivity contribution in [2.75, 3.05) is 26.2 Å². The molecule has 17 heavy (non-hydrogen) atoms. The Kier molecular flexibility index (Phi) is 2.85. The fourth-order valence-electron chi connectivity index (χ4n) is 2.80. The Labute approximate surface area is 107 Å². The molecule has 1 unspecified atom stereocenters. The van der Waals surface area contributed by atoms with Crippen LogP contribution in [0.1, 0.15) is 30.3 Å². The van der Waals surface area contributed by atoms with Gasteiger partial charge in [-0.2, -0.15) is 0 Å². The molecule has 1 aromatic heterocycles. The lowest BCUT2D eigenvalue weighted by Gasteiger charge is -2.37. The SMILES string of the molecule is CC1(C)CNC(CN2CC=CC2)c2ccsc21. The summed E-state index contributed by atoms with van der Waals surface area (Å²) in [5.74, 6) is 0. The van der Waals surface area contributed by atoms with Gasteiger partial charge in [0.15, 0.2) is 0 Å². The fraction of sp³-hybridized carbons (Fsp3) is 0.571. The Morgan fingerprint density at radius 3 is 2.94 bits per heavy atom. The topological polar surface area (TPSA) is 15.3 Å². The first-order chi connectivity index (χ1) is 8.17. The van der Waals surface area contributed by atoms with Crippen LogP contribution in [0.15, 0.2) is 23.6 Å². The monoisotopic (exact) mass is 248 g/mol. The van der Waals surface area contributed by atoms with E-state index in [1.807, 2.05) is 11.3 Å². The molecule has 0 aliphatic carbocycles. The summed E-state index contributed by atoms with van der Waals surface area (Å²) in [6.07, 6.45) is 4.53. The van der Waals surface area contributed by atoms with E-state index in [1.165, 1.54) is 5.56 Å². The highest BCUT2D eigenvalue weighted by molar-refractivity contribution is 7.10. The molecule has 3 rings (SSSR count). The Morgan fingerprint density at radius 1 is 1.41 bits per heavy atom. The third-order valence-corrected chi connectivity index (χ3v) is 5.11. The van der Waals surface area contributed by atoms with E-state index < -0.39 is 0 Å². The number of nitrogens with zero attached hydrogens (tertiary/aromatic N) is 1. The summed E-state index contributed by atoms with van der Waals surface area (Å²) < 4.78 is 0. The molecular weight excluding hydrogens is 228 g/mol. The van der Waals surface area contributed by atoms with E-state index in [0.29, 0.717) is 11.5 Å². The number of hydrogen-bond donors (Lipinski definition) is 1. The normalized spacial score (nSPS) is 27.3. The molecule has 3 heteroatoms. The van der Waals surface area contributed by atoms with Crippen molar-refractivity contribution >= 4 is 11.3 Å². The molecule has 0 saturated carbocycles. The van der Waals surface area contributed by atoms with Gasteiger partial charge in [0.25, 0.3) is 0 Å². The second-order valence-electron chi connectivity index (χ2n) is 5.71. The maximum Gasteiger partial charge on any atom is 0.0461 e. The van der Waals surface area contributed by atoms with Gasteiger partial charge in [0.2, 0.25) is 0 Å². The largest absolute Gasteiger partial charge is 0.308 e. The summed E-state index contributed by atoms with van der Waals surface area (Å²) >= 11 is 1.92. The van der Waals surface area contributed by atoms with Crippen molar-refractivity contribution in [1.82, 2.24) is 10.2 Å². The van der Waals surface area contributed by atoms with Crippen LogP contribution in [0.25, 0.3) is 0 Å². The second-order valence-corrected chi connectivity index (χ2v) is 6.63. The summed E-state index contributed by atoms with van der Waals surface area (Å²) in [5, 5.41) is 5.96. The van der Waals surface area contributed by atoms with Crippen LogP contribution in [-0.2, 0) is 5.41 Å². The maximum absolute atomic E-state index is 3.72. The first kappa shape index (κ1) is 11.5. The predicted molar refractivity (Wildman–Crippen MR) is 73.7 cm³/mol. The summed E-state index contributed by atoms with van der Waals surface area (Å²) in [7, 11) is 0. The van der Waals surface area contributed by atoms with Crippen LogP contribution in [0.2, 0.25) is 0 Å². The van der Waals surface area contributed by atoms with Crippen LogP contribution in [0.3, 0.4) is 0 Å². The highest BCUT2D eigenvalue weighted by Gasteiger charge is 2.34. The Balaban J connectivity index is 1.80. The molecule has 0 radical (unpaired) electrons. The van der Waals surface area contributed by atoms with Crippen LogP contribution in [-0.4, -0.2) is 31.1 Å². The molecule has 2 aliphatic rings. The average molecular weight is 248 g/mol. The zero-order chi connectivity index (χ0) is 11.9. The van der Waals surface area contributed by atoms with Gasteiger partial charge in [-0.25, -0.2) is 0 Å². The van der Waals surface area contributed by atoms with E-state index in [1.54, 1.807) is 4.88 Å². The molecule has 2 nitrogen and oxygen atoms in total. The second kappa shape index (κ2) is 4.23. The van der Waals surface area contributed by atoms with Crippen LogP contribution in [0, 0.1) is 0 Å². The summed E-state index contributed by atoms with van der Waals surface area (Å²) in [6.45, 7) is 9.12. The first-order valence-electron chi connectivity index (χ1n) is 6.35. The van der Waals surface area contributed by atoms with Crippen LogP contribution in [0.4, 0.5) is 0 Å². The van der Waals surface area contributed by atoms with Gasteiger partial charge in [0, 0.05) is 42.5 Å². The zero-order valence-electron chi connectivity index (χ0n) is 10.6. The predicted octanol–water partition coefficient (Wildman–Crippen LogP) is 2.54. The minimum Gasteiger partial charge on any atom is -0.308 e. The van der Waals surface area contributed by atoms with Crippen LogP contribution < -0.4 is 5.32 Å². The molecule has 92 valence electrons. The molecule has 1 aromatic rings. The third kappa shape index (κ3) is 2.07. The van der Waals surface area contributed by atoms with E-state index >= 15 is 0 Å². The van der Waals surface area contributed by atoms with Crippen molar-refractivity contribution in [1.29, 1.82) is 0 Å². The lowest BCUT2D eigenvalue weighted by molar-refractivity contribution is 0.278. The van der Waals surface area contributed by atoms with Gasteiger partial charge in [-0.15, -0.1) is 11.3 Å². The van der Waals surface area contributed by atoms with Crippen molar-refractivity contribution < 1.29 is 0 Å². The first-order valence-corrected chi connectivity index (χ1v) is 7.23. The number of rotatable bonds is 2. The Morgan fingerprint density at radius 2 is 2.18 bits per heavy atom. The van der Waals surface area contributed by atoms with Gasteiger partial charge in [-0.05, 0) is 17.0 Å². The smallest absolute Gasteiger partial charge is 0.0461 e. The lowest BCUT2D eigenvalue weighted by Crippen LogP contribution is -2.44. The number of nitrogens with one attached hydrogen (secondary N) is 1. The zero-order valence-corrected chi connectivity index (χ0v) is 11.4. The van der Waals surface area contributed by atoms with E-state index in [4.69, 9.17) is 0 Å². The molecule has 1 N–H and O–H groups in total. The van der Waals surface area contributed by atoms with Crippen molar-refractivity contribution in [3.63, 3.8) is 0 Å². The van der Waals surface area contributed by atoms with E-state index in [-0.39, 0.29) is 0 Å². The lowest BCUT2D eigenvalue weighted by atomic mass is 9.83. The highest BCUT2D eigenvalue weighted by atomic mass is 32.1. The van der Waals surface area contributed by atoms with Crippen molar-refractivity contribution in [3.05, 3.63) is 34.0 Å². The molecule has 0 bridgehead atoms. The maximum atomic E-state index is 3.72. The third-order valence-electron chi connectivity index (χ3n) is 3.81. The summed E-state index contributed by atoms with van der Waals surface area (Å²) in [6, 6.07) is 2.83. The minimum atomic E-state index is 0.295. The number of hydrogen-bond acceptors (Lipinski definition) is 3. The molecule has 0 amide bonds. The standard InChI is InChI=1S/C14H20N2S/c1-14(2)10-15-12(9-16-6-3-4-7-16)11-5-8-17-13(11)14/h3-5,8,12,15H,6-7,9-10H2,1-2H3. The van der Waals surface area contributed by atoms with Crippen LogP contribution in [0.5, 0.6) is 0 Å². The van der Waals surface area contributed by atoms with E-state index in [9.17, 15) is 0 Å². The van der Waals surface area contributed by atoms with Crippen molar-refractivity contribution in [2.24, 2.45) is 0 Å². The van der Waals surface area contributed by atoms with Crippen molar-refractivity contribution in [3.8, 4) is 0 Å². The van der Waals surface area contributed by atoms with E-state index in [2.05, 4.69) is 47.7 Å². The number of thiophene rings is 1. The minimum absolute atomic E-state index is 0.295. The molecule has 2 aliphatic heterocycles. The summed E-state index contributed by atoms with van der Waals surface area (Å²) in [5.41, 5.74) is 1.82. The molecule has 0 spiro atoms. The van der Waals surface area contributed by atoms with Crippen LogP contribution >= 0.6 is 11.3 Å². The molecule has 1 atom stereocenters. The highest BCUT2D eigenvalue weighted by Crippen LogP contribution is 2.38. The molecular formula is C14H20N2S. The van der Waals surface area contributed by atoms with E-state index in [0.717, 1.165) is 26.2 Å². The Bertz CT molecular complexity index is 425. The number of fused-ring (bicyclic) bond motifs is 1. The molecule has 0 saturated heterocycles. The summed E-state index contributed by atoms with van der Waals surface area (Å²) in [4.78, 5) is 4.07. The van der Waals surface area contributed by atoms with Gasteiger partial charge in [0.05, 0.1) is 0 Å². The molecule has 3 heterocycles. The van der Waals surface area contributed by atoms with Crippen molar-refractivity contribution in [2.45, 2.75) is 25.3 Å². The van der Waals surface area contributed by atoms with Gasteiger partial charge in [0.1, 0.15) is 0 Å². The van der Waals surface area contributed by atoms with Gasteiger partial charge in [-0.1, -0.05) is 26.0 Å². The average Bonchev–Trinajstić information content (AvgIpc) is 2.93. The Hall–Kier alpha value is -0.640. The fourth-order valence-corrected chi connectivity index (χ4v) is 3.89. The molecule has 0 fully saturated rings. The van der Waals surface area contributed by atoms with Gasteiger partial charge < -0.3 is 5.32 Å². The molecule has 0 aromatic carbocycles. The quantitative estimate of drug-likeness (QED) is 0.809. The van der Waals surface area contributed by atoms with Gasteiger partial charge >= 0.3 is 0 Å². The van der Waals surface area contributed by atoms with Gasteiger partial charge in [-0.3, -0.25) is 4.90 Å².